The molecule has 0 saturated heterocycles. The van der Waals surface area contributed by atoms with Crippen LogP contribution in [0.5, 0.6) is 0 Å². The fourth-order valence-corrected chi connectivity index (χ4v) is 0.810. The molecule has 2 heterocycles. The minimum Gasteiger partial charge on any atom is -0.261 e. The molecule has 50 valence electrons. The van der Waals surface area contributed by atoms with E-state index < -0.39 is 0 Å². The molecule has 0 radical (unpaired) electrons. The highest BCUT2D eigenvalue weighted by atomic mass is 19.1. The van der Waals surface area contributed by atoms with Crippen LogP contribution in [0.3, 0.4) is 0 Å². The Bertz CT molecular complexity index is 355. The van der Waals surface area contributed by atoms with Crippen molar-refractivity contribution in [1.82, 2.24) is 15.2 Å². The van der Waals surface area contributed by atoms with Crippen molar-refractivity contribution in [1.29, 1.82) is 0 Å². The van der Waals surface area contributed by atoms with Gasteiger partial charge in [-0.15, -0.1) is 0 Å². The summed E-state index contributed by atoms with van der Waals surface area (Å²) >= 11 is 0. The fraction of sp³-hybridized carbons (Fsp3) is 0. The first-order valence-electron chi connectivity index (χ1n) is 2.81. The monoisotopic (exact) mass is 137 g/mol. The molecule has 0 fully saturated rings. The van der Waals surface area contributed by atoms with E-state index in [0.717, 1.165) is 6.20 Å². The number of nitrogens with one attached hydrogen (secondary N) is 1. The molecule has 0 aliphatic rings. The average molecular weight is 137 g/mol. The third-order valence-corrected chi connectivity index (χ3v) is 1.26. The molecule has 3 nitrogen and oxygen atoms in total. The average Bonchev–Trinajstić information content (AvgIpc) is 2.33. The van der Waals surface area contributed by atoms with Gasteiger partial charge in [0.15, 0.2) is 5.65 Å². The van der Waals surface area contributed by atoms with Gasteiger partial charge in [-0.05, 0) is 6.07 Å². The second-order valence-electron chi connectivity index (χ2n) is 1.96. The van der Waals surface area contributed by atoms with Crippen LogP contribution >= 0.6 is 0 Å². The molecule has 0 aromatic carbocycles. The van der Waals surface area contributed by atoms with Gasteiger partial charge in [0.25, 0.3) is 0 Å². The Morgan fingerprint density at radius 3 is 3.20 bits per heavy atom. The number of aromatic nitrogens is 3. The molecule has 0 spiro atoms. The van der Waals surface area contributed by atoms with Crippen LogP contribution in [0.4, 0.5) is 4.39 Å². The van der Waals surface area contributed by atoms with Gasteiger partial charge in [0.2, 0.25) is 0 Å². The molecule has 2 rings (SSSR count). The number of halogens is 1. The minimum atomic E-state index is -0.339. The standard InChI is InChI=1S/C6H4FN3/c7-5-1-4-2-9-10-6(4)8-3-5/h1-3H,(H,8,9,10). The number of hydrogen-bond donors (Lipinski definition) is 1. The van der Waals surface area contributed by atoms with Crippen molar-refractivity contribution < 1.29 is 4.39 Å². The molecule has 1 N–H and O–H groups in total. The van der Waals surface area contributed by atoms with Gasteiger partial charge < -0.3 is 0 Å². The first-order chi connectivity index (χ1) is 4.86. The number of pyridine rings is 1. The zero-order valence-corrected chi connectivity index (χ0v) is 5.00. The SMILES string of the molecule is Fc1cnc2[nH]ncc2c1. The first-order valence-corrected chi connectivity index (χ1v) is 2.81. The normalized spacial score (nSPS) is 10.5. The summed E-state index contributed by atoms with van der Waals surface area (Å²) < 4.78 is 12.4. The molecule has 4 heteroatoms. The molecule has 0 unspecified atom stereocenters. The minimum absolute atomic E-state index is 0.339. The summed E-state index contributed by atoms with van der Waals surface area (Å²) in [5.41, 5.74) is 0.612. The van der Waals surface area contributed by atoms with E-state index in [1.165, 1.54) is 12.3 Å². The molecular weight excluding hydrogens is 133 g/mol. The molecule has 0 atom stereocenters. The zero-order chi connectivity index (χ0) is 6.97. The molecule has 2 aromatic heterocycles. The van der Waals surface area contributed by atoms with Crippen LogP contribution in [0, 0.1) is 5.82 Å². The third-order valence-electron chi connectivity index (χ3n) is 1.26. The van der Waals surface area contributed by atoms with E-state index in [-0.39, 0.29) is 5.82 Å². The van der Waals surface area contributed by atoms with E-state index in [9.17, 15) is 4.39 Å². The summed E-state index contributed by atoms with van der Waals surface area (Å²) in [6.45, 7) is 0. The summed E-state index contributed by atoms with van der Waals surface area (Å²) in [7, 11) is 0. The Morgan fingerprint density at radius 1 is 1.40 bits per heavy atom. The maximum Gasteiger partial charge on any atom is 0.155 e. The van der Waals surface area contributed by atoms with Crippen LogP contribution in [-0.2, 0) is 0 Å². The summed E-state index contributed by atoms with van der Waals surface area (Å²) in [4.78, 5) is 3.75. The largest absolute Gasteiger partial charge is 0.261 e. The number of nitrogens with zero attached hydrogens (tertiary/aromatic N) is 2. The van der Waals surface area contributed by atoms with Crippen LogP contribution in [0.25, 0.3) is 11.0 Å². The van der Waals surface area contributed by atoms with Gasteiger partial charge in [-0.3, -0.25) is 5.10 Å². The van der Waals surface area contributed by atoms with E-state index >= 15 is 0 Å². The van der Waals surface area contributed by atoms with Gasteiger partial charge in [0.1, 0.15) is 5.82 Å². The molecular formula is C6H4FN3. The van der Waals surface area contributed by atoms with E-state index in [2.05, 4.69) is 15.2 Å². The van der Waals surface area contributed by atoms with Crippen molar-refractivity contribution in [3.8, 4) is 0 Å². The smallest absolute Gasteiger partial charge is 0.155 e. The van der Waals surface area contributed by atoms with Crippen molar-refractivity contribution in [2.75, 3.05) is 0 Å². The Kier molecular flexibility index (Phi) is 0.943. The van der Waals surface area contributed by atoms with Gasteiger partial charge in [0.05, 0.1) is 12.4 Å². The summed E-state index contributed by atoms with van der Waals surface area (Å²) in [5, 5.41) is 7.00. The van der Waals surface area contributed by atoms with Gasteiger partial charge in [0, 0.05) is 5.39 Å². The number of H-pyrrole nitrogens is 1. The maximum absolute atomic E-state index is 12.4. The predicted molar refractivity (Wildman–Crippen MR) is 33.8 cm³/mol. The van der Waals surface area contributed by atoms with Gasteiger partial charge in [-0.2, -0.15) is 5.10 Å². The lowest BCUT2D eigenvalue weighted by Gasteiger charge is -1.85. The van der Waals surface area contributed by atoms with Crippen LogP contribution < -0.4 is 0 Å². The van der Waals surface area contributed by atoms with Crippen LogP contribution in [0.1, 0.15) is 0 Å². The molecule has 10 heavy (non-hydrogen) atoms. The van der Waals surface area contributed by atoms with Gasteiger partial charge in [-0.1, -0.05) is 0 Å². The zero-order valence-electron chi connectivity index (χ0n) is 5.00. The molecule has 0 aliphatic heterocycles. The quantitative estimate of drug-likeness (QED) is 0.590. The van der Waals surface area contributed by atoms with Crippen molar-refractivity contribution in [3.63, 3.8) is 0 Å². The van der Waals surface area contributed by atoms with Crippen molar-refractivity contribution in [2.45, 2.75) is 0 Å². The van der Waals surface area contributed by atoms with Crippen LogP contribution in [0.15, 0.2) is 18.5 Å². The first kappa shape index (κ1) is 5.34. The molecule has 0 bridgehead atoms. The van der Waals surface area contributed by atoms with Crippen LogP contribution in [0.2, 0.25) is 0 Å². The Morgan fingerprint density at radius 2 is 2.30 bits per heavy atom. The molecule has 0 aliphatic carbocycles. The van der Waals surface area contributed by atoms with Gasteiger partial charge in [-0.25, -0.2) is 9.37 Å². The fourth-order valence-electron chi connectivity index (χ4n) is 0.810. The van der Waals surface area contributed by atoms with E-state index in [1.807, 2.05) is 0 Å². The highest BCUT2D eigenvalue weighted by Gasteiger charge is 1.96. The number of rotatable bonds is 0. The summed E-state index contributed by atoms with van der Waals surface area (Å²) in [6, 6.07) is 1.38. The van der Waals surface area contributed by atoms with E-state index in [0.29, 0.717) is 11.0 Å². The number of hydrogen-bond acceptors (Lipinski definition) is 2. The third kappa shape index (κ3) is 0.655. The Hall–Kier alpha value is -1.45. The van der Waals surface area contributed by atoms with Crippen LogP contribution in [-0.4, -0.2) is 15.2 Å². The van der Waals surface area contributed by atoms with E-state index in [1.54, 1.807) is 0 Å². The highest BCUT2D eigenvalue weighted by molar-refractivity contribution is 5.73. The predicted octanol–water partition coefficient (Wildman–Crippen LogP) is 1.10. The Balaban J connectivity index is 2.86. The molecule has 0 amide bonds. The second-order valence-corrected chi connectivity index (χ2v) is 1.96. The van der Waals surface area contributed by atoms with E-state index in [4.69, 9.17) is 0 Å². The van der Waals surface area contributed by atoms with Crippen molar-refractivity contribution in [2.24, 2.45) is 0 Å². The van der Waals surface area contributed by atoms with Crippen molar-refractivity contribution >= 4 is 11.0 Å². The second kappa shape index (κ2) is 1.76. The lowest BCUT2D eigenvalue weighted by Crippen LogP contribution is -1.77. The summed E-state index contributed by atoms with van der Waals surface area (Å²) in [5.74, 6) is -0.339. The Labute approximate surface area is 55.9 Å². The molecule has 2 aromatic rings. The van der Waals surface area contributed by atoms with Gasteiger partial charge >= 0.3 is 0 Å². The lowest BCUT2D eigenvalue weighted by atomic mass is 10.3. The number of fused-ring (bicyclic) bond motifs is 1. The number of aromatic amines is 1. The molecule has 0 saturated carbocycles. The topological polar surface area (TPSA) is 41.6 Å². The summed E-state index contributed by atoms with van der Waals surface area (Å²) in [6.07, 6.45) is 2.69. The highest BCUT2D eigenvalue weighted by Crippen LogP contribution is 2.07. The van der Waals surface area contributed by atoms with Crippen molar-refractivity contribution in [3.05, 3.63) is 24.3 Å². The maximum atomic E-state index is 12.4. The lowest BCUT2D eigenvalue weighted by molar-refractivity contribution is 0.624.